The van der Waals surface area contributed by atoms with Gasteiger partial charge in [-0.25, -0.2) is 4.98 Å². The van der Waals surface area contributed by atoms with Crippen molar-refractivity contribution in [3.63, 3.8) is 0 Å². The summed E-state index contributed by atoms with van der Waals surface area (Å²) in [6, 6.07) is 20.9. The van der Waals surface area contributed by atoms with Gasteiger partial charge in [0.1, 0.15) is 0 Å². The van der Waals surface area contributed by atoms with Crippen molar-refractivity contribution in [2.45, 2.75) is 0 Å². The fourth-order valence-corrected chi connectivity index (χ4v) is 4.13. The molecule has 2 aromatic carbocycles. The van der Waals surface area contributed by atoms with Crippen molar-refractivity contribution in [1.82, 2.24) is 4.98 Å². The fourth-order valence-electron chi connectivity index (χ4n) is 2.50. The van der Waals surface area contributed by atoms with E-state index in [-0.39, 0.29) is 0 Å². The Hall–Kier alpha value is -1.71. The molecule has 0 aliphatic heterocycles. The summed E-state index contributed by atoms with van der Waals surface area (Å²) in [5, 5.41) is 2.43. The lowest BCUT2D eigenvalue weighted by atomic mass is 10.1. The number of benzene rings is 2. The first-order valence-corrected chi connectivity index (χ1v) is 7.97. The van der Waals surface area contributed by atoms with Crippen LogP contribution in [-0.2, 0) is 0 Å². The predicted molar refractivity (Wildman–Crippen MR) is 90.3 cm³/mol. The number of hydrogen-bond acceptors (Lipinski definition) is 2. The van der Waals surface area contributed by atoms with Crippen molar-refractivity contribution in [3.05, 3.63) is 64.5 Å². The van der Waals surface area contributed by atoms with Gasteiger partial charge in [0.05, 0.1) is 15.0 Å². The van der Waals surface area contributed by atoms with E-state index in [4.69, 9.17) is 4.98 Å². The van der Waals surface area contributed by atoms with E-state index < -0.39 is 0 Å². The van der Waals surface area contributed by atoms with E-state index in [9.17, 15) is 0 Å². The van der Waals surface area contributed by atoms with Crippen LogP contribution in [0.3, 0.4) is 0 Å². The Kier molecular flexibility index (Phi) is 2.83. The van der Waals surface area contributed by atoms with Crippen LogP contribution in [0.1, 0.15) is 0 Å². The summed E-state index contributed by atoms with van der Waals surface area (Å²) in [4.78, 5) is 4.87. The Balaban J connectivity index is 2.18. The third-order valence-electron chi connectivity index (χ3n) is 3.39. The molecule has 0 saturated heterocycles. The van der Waals surface area contributed by atoms with Crippen molar-refractivity contribution in [3.8, 4) is 11.3 Å². The Bertz CT molecular complexity index is 912. The maximum atomic E-state index is 4.87. The highest BCUT2D eigenvalue weighted by molar-refractivity contribution is 9.11. The largest absolute Gasteiger partial charge is 0.247 e. The second kappa shape index (κ2) is 4.69. The van der Waals surface area contributed by atoms with Crippen molar-refractivity contribution in [2.75, 3.05) is 0 Å². The number of hydrogen-bond donors (Lipinski definition) is 0. The van der Waals surface area contributed by atoms with E-state index in [1.165, 1.54) is 15.5 Å². The highest BCUT2D eigenvalue weighted by atomic mass is 79.9. The van der Waals surface area contributed by atoms with Gasteiger partial charge >= 0.3 is 0 Å². The van der Waals surface area contributed by atoms with Gasteiger partial charge in [-0.15, -0.1) is 11.3 Å². The standard InChI is InChI=1S/C17H10BrNS/c18-15-10-13-16(11-6-2-1-3-7-11)19-14-9-5-4-8-12(14)17(13)20-15/h1-10H. The molecular weight excluding hydrogens is 330 g/mol. The zero-order valence-electron chi connectivity index (χ0n) is 10.5. The minimum atomic E-state index is 1.05. The van der Waals surface area contributed by atoms with Crippen LogP contribution in [0, 0.1) is 0 Å². The van der Waals surface area contributed by atoms with E-state index in [0.717, 1.165) is 20.6 Å². The smallest absolute Gasteiger partial charge is 0.0796 e. The number of halogens is 1. The minimum Gasteiger partial charge on any atom is -0.247 e. The van der Waals surface area contributed by atoms with Gasteiger partial charge in [-0.3, -0.25) is 0 Å². The molecule has 4 rings (SSSR count). The number of nitrogens with zero attached hydrogens (tertiary/aromatic N) is 1. The van der Waals surface area contributed by atoms with Crippen LogP contribution in [0.5, 0.6) is 0 Å². The average Bonchev–Trinajstić information content (AvgIpc) is 2.89. The Morgan fingerprint density at radius 2 is 1.60 bits per heavy atom. The monoisotopic (exact) mass is 339 g/mol. The summed E-state index contributed by atoms with van der Waals surface area (Å²) in [5.74, 6) is 0. The first kappa shape index (κ1) is 12.1. The van der Waals surface area contributed by atoms with Gasteiger partial charge in [-0.1, -0.05) is 48.5 Å². The molecule has 3 heteroatoms. The summed E-state index contributed by atoms with van der Waals surface area (Å²) in [7, 11) is 0. The molecule has 0 atom stereocenters. The van der Waals surface area contributed by atoms with Crippen LogP contribution in [0.4, 0.5) is 0 Å². The molecule has 0 unspecified atom stereocenters. The number of rotatable bonds is 1. The quantitative estimate of drug-likeness (QED) is 0.422. The predicted octanol–water partition coefficient (Wildman–Crippen LogP) is 5.88. The van der Waals surface area contributed by atoms with Crippen molar-refractivity contribution < 1.29 is 0 Å². The highest BCUT2D eigenvalue weighted by Crippen LogP contribution is 2.39. The lowest BCUT2D eigenvalue weighted by Gasteiger charge is -2.06. The Labute approximate surface area is 129 Å². The fraction of sp³-hybridized carbons (Fsp3) is 0. The van der Waals surface area contributed by atoms with Gasteiger partial charge in [0.2, 0.25) is 0 Å². The van der Waals surface area contributed by atoms with Gasteiger partial charge in [-0.2, -0.15) is 0 Å². The average molecular weight is 340 g/mol. The zero-order valence-corrected chi connectivity index (χ0v) is 12.9. The molecule has 0 radical (unpaired) electrons. The topological polar surface area (TPSA) is 12.9 Å². The van der Waals surface area contributed by atoms with Crippen LogP contribution >= 0.6 is 27.3 Å². The molecule has 0 spiro atoms. The van der Waals surface area contributed by atoms with Crippen LogP contribution in [0.25, 0.3) is 32.2 Å². The first-order valence-electron chi connectivity index (χ1n) is 6.36. The number of aromatic nitrogens is 1. The second-order valence-corrected chi connectivity index (χ2v) is 7.07. The van der Waals surface area contributed by atoms with Gasteiger partial charge in [0.15, 0.2) is 0 Å². The van der Waals surface area contributed by atoms with Gasteiger partial charge < -0.3 is 0 Å². The molecule has 0 amide bonds. The third-order valence-corrected chi connectivity index (χ3v) is 5.06. The Morgan fingerprint density at radius 1 is 0.850 bits per heavy atom. The molecule has 2 heterocycles. The SMILES string of the molecule is Brc1cc2c(-c3ccccc3)nc3ccccc3c2s1. The van der Waals surface area contributed by atoms with Gasteiger partial charge in [0, 0.05) is 21.0 Å². The second-order valence-electron chi connectivity index (χ2n) is 4.64. The summed E-state index contributed by atoms with van der Waals surface area (Å²) >= 11 is 5.37. The first-order chi connectivity index (χ1) is 9.83. The number of pyridine rings is 1. The molecule has 0 bridgehead atoms. The molecule has 0 saturated carbocycles. The van der Waals surface area contributed by atoms with E-state index in [0.29, 0.717) is 0 Å². The maximum absolute atomic E-state index is 4.87. The van der Waals surface area contributed by atoms with E-state index >= 15 is 0 Å². The lowest BCUT2D eigenvalue weighted by Crippen LogP contribution is -1.86. The Morgan fingerprint density at radius 3 is 2.45 bits per heavy atom. The molecule has 0 N–H and O–H groups in total. The number of thiophene rings is 1. The maximum Gasteiger partial charge on any atom is 0.0796 e. The summed E-state index contributed by atoms with van der Waals surface area (Å²) in [6.45, 7) is 0. The molecular formula is C17H10BrNS. The van der Waals surface area contributed by atoms with Crippen LogP contribution < -0.4 is 0 Å². The molecule has 0 fully saturated rings. The highest BCUT2D eigenvalue weighted by Gasteiger charge is 2.12. The van der Waals surface area contributed by atoms with Crippen molar-refractivity contribution in [2.24, 2.45) is 0 Å². The molecule has 2 aromatic heterocycles. The molecule has 0 aliphatic carbocycles. The summed E-state index contributed by atoms with van der Waals surface area (Å²) in [5.41, 5.74) is 3.27. The van der Waals surface area contributed by atoms with E-state index in [1.54, 1.807) is 11.3 Å². The number of para-hydroxylation sites is 1. The molecule has 1 nitrogen and oxygen atoms in total. The third kappa shape index (κ3) is 1.86. The van der Waals surface area contributed by atoms with E-state index in [2.05, 4.69) is 64.5 Å². The van der Waals surface area contributed by atoms with Gasteiger partial charge in [0.25, 0.3) is 0 Å². The summed E-state index contributed by atoms with van der Waals surface area (Å²) in [6.07, 6.45) is 0. The van der Waals surface area contributed by atoms with Crippen LogP contribution in [0.2, 0.25) is 0 Å². The van der Waals surface area contributed by atoms with Gasteiger partial charge in [-0.05, 0) is 28.1 Å². The minimum absolute atomic E-state index is 1.05. The summed E-state index contributed by atoms with van der Waals surface area (Å²) < 4.78 is 2.43. The molecule has 0 aliphatic rings. The lowest BCUT2D eigenvalue weighted by molar-refractivity contribution is 1.43. The molecule has 96 valence electrons. The normalized spacial score (nSPS) is 11.2. The van der Waals surface area contributed by atoms with Crippen molar-refractivity contribution in [1.29, 1.82) is 0 Å². The van der Waals surface area contributed by atoms with Crippen molar-refractivity contribution >= 4 is 48.3 Å². The van der Waals surface area contributed by atoms with Crippen LogP contribution in [0.15, 0.2) is 64.5 Å². The number of fused-ring (bicyclic) bond motifs is 3. The van der Waals surface area contributed by atoms with E-state index in [1.807, 2.05) is 12.1 Å². The zero-order chi connectivity index (χ0) is 13.5. The molecule has 4 aromatic rings. The molecule has 20 heavy (non-hydrogen) atoms. The van der Waals surface area contributed by atoms with Crippen LogP contribution in [-0.4, -0.2) is 4.98 Å².